The lowest BCUT2D eigenvalue weighted by Crippen LogP contribution is -2.58. The second-order valence-corrected chi connectivity index (χ2v) is 12.8. The zero-order chi connectivity index (χ0) is 27.4. The van der Waals surface area contributed by atoms with Gasteiger partial charge in [0.25, 0.3) is 0 Å². The summed E-state index contributed by atoms with van der Waals surface area (Å²) in [7, 11) is -3.33. The van der Waals surface area contributed by atoms with Gasteiger partial charge in [-0.25, -0.2) is 12.7 Å². The van der Waals surface area contributed by atoms with Crippen molar-refractivity contribution in [3.05, 3.63) is 108 Å². The van der Waals surface area contributed by atoms with E-state index < -0.39 is 15.7 Å². The summed E-state index contributed by atoms with van der Waals surface area (Å²) in [6.07, 6.45) is 6.55. The minimum Gasteiger partial charge on any atom is -0.362 e. The zero-order valence-corrected chi connectivity index (χ0v) is 23.4. The summed E-state index contributed by atoms with van der Waals surface area (Å²) in [6, 6.07) is 26.0. The largest absolute Gasteiger partial charge is 0.362 e. The van der Waals surface area contributed by atoms with Crippen LogP contribution >= 0.6 is 0 Å². The van der Waals surface area contributed by atoms with E-state index in [-0.39, 0.29) is 24.6 Å². The van der Waals surface area contributed by atoms with Crippen molar-refractivity contribution in [2.24, 2.45) is 5.92 Å². The van der Waals surface area contributed by atoms with Crippen molar-refractivity contribution >= 4 is 15.7 Å². The van der Waals surface area contributed by atoms with Gasteiger partial charge in [0.15, 0.2) is 5.72 Å². The van der Waals surface area contributed by atoms with E-state index in [1.54, 1.807) is 10.5 Å². The molecule has 0 radical (unpaired) electrons. The number of nitrogens with zero attached hydrogens (tertiary/aromatic N) is 3. The average molecular weight is 561 g/mol. The second kappa shape index (κ2) is 11.7. The molecule has 8 nitrogen and oxygen atoms in total. The van der Waals surface area contributed by atoms with Crippen LogP contribution in [0.3, 0.4) is 0 Å². The molecule has 2 saturated heterocycles. The average Bonchev–Trinajstić information content (AvgIpc) is 3.67. The molecule has 4 heterocycles. The van der Waals surface area contributed by atoms with Gasteiger partial charge in [0.05, 0.1) is 23.8 Å². The predicted molar refractivity (Wildman–Crippen MR) is 154 cm³/mol. The SMILES string of the molecule is O=S(=O)(CCc1ccccc1)N1CCC(C2NC(c3ccccn3)=CN2C2(Cc3ccccc3)COCO2)CC1. The molecule has 2 atom stereocenters. The zero-order valence-electron chi connectivity index (χ0n) is 22.6. The summed E-state index contributed by atoms with van der Waals surface area (Å²) in [5.74, 6) is 0.349. The molecule has 0 aliphatic carbocycles. The van der Waals surface area contributed by atoms with Crippen LogP contribution in [0.1, 0.15) is 29.7 Å². The molecule has 210 valence electrons. The van der Waals surface area contributed by atoms with E-state index in [1.807, 2.05) is 66.7 Å². The highest BCUT2D eigenvalue weighted by atomic mass is 32.2. The molecular formula is C31H36N4O4S. The standard InChI is InChI=1S/C31H36N4O4S/c36-40(37,20-16-25-9-3-1-4-10-25)34-18-14-27(15-19-34)30-33-29(28-13-7-8-17-32-28)22-35(30)31(23-38-24-39-31)21-26-11-5-2-6-12-26/h1-13,17,22,27,30,33H,14-16,18-21,23-24H2. The highest BCUT2D eigenvalue weighted by Crippen LogP contribution is 2.38. The van der Waals surface area contributed by atoms with Crippen molar-refractivity contribution in [1.82, 2.24) is 19.5 Å². The van der Waals surface area contributed by atoms with Crippen molar-refractivity contribution in [2.45, 2.75) is 37.6 Å². The number of aryl methyl sites for hydroxylation is 1. The first kappa shape index (κ1) is 27.0. The Labute approximate surface area is 236 Å². The van der Waals surface area contributed by atoms with Crippen molar-refractivity contribution in [2.75, 3.05) is 32.2 Å². The van der Waals surface area contributed by atoms with E-state index in [4.69, 9.17) is 9.47 Å². The molecule has 3 aliphatic heterocycles. The van der Waals surface area contributed by atoms with Crippen LogP contribution in [0.15, 0.2) is 91.3 Å². The Morgan fingerprint density at radius 3 is 2.27 bits per heavy atom. The molecule has 6 rings (SSSR count). The van der Waals surface area contributed by atoms with Crippen LogP contribution in [0.25, 0.3) is 5.70 Å². The van der Waals surface area contributed by atoms with Crippen LogP contribution < -0.4 is 5.32 Å². The Morgan fingerprint density at radius 1 is 0.925 bits per heavy atom. The number of pyridine rings is 1. The van der Waals surface area contributed by atoms with Gasteiger partial charge in [-0.1, -0.05) is 66.7 Å². The topological polar surface area (TPSA) is 84.0 Å². The summed E-state index contributed by atoms with van der Waals surface area (Å²) >= 11 is 0. The third-order valence-corrected chi connectivity index (χ3v) is 10.0. The molecule has 2 aromatic carbocycles. The molecule has 3 aliphatic rings. The van der Waals surface area contributed by atoms with Crippen LogP contribution in [0.5, 0.6) is 0 Å². The molecular weight excluding hydrogens is 524 g/mol. The van der Waals surface area contributed by atoms with E-state index in [9.17, 15) is 8.42 Å². The Morgan fingerprint density at radius 2 is 1.62 bits per heavy atom. The summed E-state index contributed by atoms with van der Waals surface area (Å²) in [6.45, 7) is 1.70. The number of aromatic nitrogens is 1. The quantitative estimate of drug-likeness (QED) is 0.426. The Balaban J connectivity index is 1.20. The third-order valence-electron chi connectivity index (χ3n) is 8.17. The highest BCUT2D eigenvalue weighted by molar-refractivity contribution is 7.89. The second-order valence-electron chi connectivity index (χ2n) is 10.8. The van der Waals surface area contributed by atoms with E-state index in [2.05, 4.69) is 33.5 Å². The van der Waals surface area contributed by atoms with Crippen molar-refractivity contribution in [3.63, 3.8) is 0 Å². The number of hydrogen-bond acceptors (Lipinski definition) is 7. The lowest BCUT2D eigenvalue weighted by Gasteiger charge is -2.45. The number of rotatable bonds is 9. The van der Waals surface area contributed by atoms with Gasteiger partial charge in [-0.2, -0.15) is 0 Å². The Bertz CT molecular complexity index is 1390. The summed E-state index contributed by atoms with van der Waals surface area (Å²) in [4.78, 5) is 6.86. The maximum absolute atomic E-state index is 13.2. The number of benzene rings is 2. The van der Waals surface area contributed by atoms with E-state index in [0.717, 1.165) is 29.8 Å². The van der Waals surface area contributed by atoms with Crippen molar-refractivity contribution < 1.29 is 17.9 Å². The summed E-state index contributed by atoms with van der Waals surface area (Å²) < 4.78 is 40.3. The molecule has 1 N–H and O–H groups in total. The van der Waals surface area contributed by atoms with Crippen LogP contribution in [0, 0.1) is 5.92 Å². The molecule has 0 amide bonds. The first-order chi connectivity index (χ1) is 19.5. The Kier molecular flexibility index (Phi) is 7.89. The van der Waals surface area contributed by atoms with Crippen molar-refractivity contribution in [1.29, 1.82) is 0 Å². The van der Waals surface area contributed by atoms with Gasteiger partial charge in [0.2, 0.25) is 10.0 Å². The minimum atomic E-state index is -3.33. The predicted octanol–water partition coefficient (Wildman–Crippen LogP) is 3.84. The molecule has 0 spiro atoms. The number of nitrogens with one attached hydrogen (secondary N) is 1. The fraction of sp³-hybridized carbons (Fsp3) is 0.387. The monoisotopic (exact) mass is 560 g/mol. The molecule has 0 saturated carbocycles. The molecule has 1 aromatic heterocycles. The summed E-state index contributed by atoms with van der Waals surface area (Å²) in [5.41, 5.74) is 3.35. The van der Waals surface area contributed by atoms with Crippen molar-refractivity contribution in [3.8, 4) is 0 Å². The smallest absolute Gasteiger partial charge is 0.214 e. The number of hydrogen-bond donors (Lipinski definition) is 1. The lowest BCUT2D eigenvalue weighted by atomic mass is 9.92. The van der Waals surface area contributed by atoms with E-state index in [1.165, 1.54) is 5.56 Å². The van der Waals surface area contributed by atoms with Gasteiger partial charge in [0.1, 0.15) is 13.0 Å². The molecule has 0 bridgehead atoms. The summed E-state index contributed by atoms with van der Waals surface area (Å²) in [5, 5.41) is 3.74. The maximum atomic E-state index is 13.2. The van der Waals surface area contributed by atoms with Gasteiger partial charge >= 0.3 is 0 Å². The maximum Gasteiger partial charge on any atom is 0.214 e. The molecule has 3 aromatic rings. The first-order valence-electron chi connectivity index (χ1n) is 14.0. The van der Waals surface area contributed by atoms with Crippen LogP contribution in [0.2, 0.25) is 0 Å². The fourth-order valence-electron chi connectivity index (χ4n) is 6.01. The first-order valence-corrected chi connectivity index (χ1v) is 15.6. The van der Waals surface area contributed by atoms with Gasteiger partial charge in [-0.05, 0) is 42.5 Å². The minimum absolute atomic E-state index is 0.0726. The molecule has 40 heavy (non-hydrogen) atoms. The molecule has 2 fully saturated rings. The highest BCUT2D eigenvalue weighted by Gasteiger charge is 2.49. The number of ether oxygens (including phenoxy) is 2. The third kappa shape index (κ3) is 5.78. The molecule has 9 heteroatoms. The van der Waals surface area contributed by atoms with E-state index >= 15 is 0 Å². The Hall–Kier alpha value is -3.24. The number of piperidine rings is 1. The van der Waals surface area contributed by atoms with Crippen LogP contribution in [0.4, 0.5) is 0 Å². The lowest BCUT2D eigenvalue weighted by molar-refractivity contribution is -0.119. The normalized spacial score (nSPS) is 24.1. The van der Waals surface area contributed by atoms with Crippen LogP contribution in [-0.4, -0.2) is 66.7 Å². The van der Waals surface area contributed by atoms with Gasteiger partial charge in [0, 0.05) is 37.8 Å². The van der Waals surface area contributed by atoms with Crippen LogP contribution in [-0.2, 0) is 32.3 Å². The van der Waals surface area contributed by atoms with Gasteiger partial charge in [-0.15, -0.1) is 0 Å². The van der Waals surface area contributed by atoms with Gasteiger partial charge in [-0.3, -0.25) is 4.98 Å². The van der Waals surface area contributed by atoms with E-state index in [0.29, 0.717) is 32.5 Å². The fourth-order valence-corrected chi connectivity index (χ4v) is 7.52. The number of sulfonamides is 1. The molecule has 2 unspecified atom stereocenters. The van der Waals surface area contributed by atoms with Gasteiger partial charge < -0.3 is 19.7 Å².